The van der Waals surface area contributed by atoms with Crippen LogP contribution < -0.4 is 16.6 Å². The van der Waals surface area contributed by atoms with Crippen molar-refractivity contribution in [3.8, 4) is 0 Å². The Balaban J connectivity index is 2.63. The van der Waals surface area contributed by atoms with Gasteiger partial charge < -0.3 is 16.0 Å². The first kappa shape index (κ1) is 15.2. The Hall–Kier alpha value is -2.22. The lowest BCUT2D eigenvalue weighted by molar-refractivity contribution is 0.0999. The molecule has 1 amide bonds. The van der Waals surface area contributed by atoms with E-state index in [0.29, 0.717) is 4.47 Å². The van der Waals surface area contributed by atoms with Gasteiger partial charge in [0.1, 0.15) is 5.82 Å². The van der Waals surface area contributed by atoms with Crippen molar-refractivity contribution in [1.29, 1.82) is 0 Å². The number of nitrogens with one attached hydrogen (secondary N) is 2. The van der Waals surface area contributed by atoms with Crippen molar-refractivity contribution in [3.63, 3.8) is 0 Å². The lowest BCUT2D eigenvalue weighted by Gasteiger charge is -2.13. The van der Waals surface area contributed by atoms with E-state index >= 15 is 0 Å². The summed E-state index contributed by atoms with van der Waals surface area (Å²) in [5, 5.41) is 2.41. The fourth-order valence-electron chi connectivity index (χ4n) is 1.85. The molecule has 0 spiro atoms. The second kappa shape index (κ2) is 5.65. The van der Waals surface area contributed by atoms with Crippen molar-refractivity contribution >= 4 is 33.2 Å². The molecule has 0 fully saturated rings. The van der Waals surface area contributed by atoms with Crippen LogP contribution >= 0.6 is 15.9 Å². The number of pyridine rings is 1. The molecule has 0 saturated heterocycles. The number of hydrogen-bond donors (Lipinski definition) is 3. The van der Waals surface area contributed by atoms with Crippen LogP contribution in [0.1, 0.15) is 16.1 Å². The predicted molar refractivity (Wildman–Crippen MR) is 77.7 cm³/mol. The van der Waals surface area contributed by atoms with Crippen LogP contribution in [0.4, 0.5) is 20.2 Å². The molecule has 2 aromatic rings. The number of carbonyl (C=O) groups is 1. The van der Waals surface area contributed by atoms with Gasteiger partial charge in [-0.2, -0.15) is 4.39 Å². The largest absolute Gasteiger partial charge is 0.365 e. The Morgan fingerprint density at radius 1 is 1.38 bits per heavy atom. The highest BCUT2D eigenvalue weighted by molar-refractivity contribution is 9.10. The maximum atomic E-state index is 14.0. The van der Waals surface area contributed by atoms with Crippen molar-refractivity contribution in [2.24, 2.45) is 5.73 Å². The summed E-state index contributed by atoms with van der Waals surface area (Å²) in [5.41, 5.74) is 3.45. The highest BCUT2D eigenvalue weighted by Crippen LogP contribution is 2.27. The van der Waals surface area contributed by atoms with E-state index in [2.05, 4.69) is 26.2 Å². The number of rotatable bonds is 3. The standard InChI is InChI=1S/C13H10BrF2N3O2/c1-5-9(12(17)20)11(10(16)13(21)18-5)19-8-3-2-6(14)4-7(8)15/h2-4H,1H3,(H2,17,20)(H2,18,19,21). The van der Waals surface area contributed by atoms with Crippen molar-refractivity contribution in [2.45, 2.75) is 6.92 Å². The molecule has 8 heteroatoms. The van der Waals surface area contributed by atoms with Gasteiger partial charge in [0.15, 0.2) is 0 Å². The fourth-order valence-corrected chi connectivity index (χ4v) is 2.18. The van der Waals surface area contributed by atoms with E-state index in [9.17, 15) is 18.4 Å². The summed E-state index contributed by atoms with van der Waals surface area (Å²) in [6.07, 6.45) is 0. The van der Waals surface area contributed by atoms with E-state index in [1.165, 1.54) is 19.1 Å². The van der Waals surface area contributed by atoms with Gasteiger partial charge in [-0.1, -0.05) is 15.9 Å². The average molecular weight is 358 g/mol. The van der Waals surface area contributed by atoms with Crippen LogP contribution in [0, 0.1) is 18.6 Å². The minimum absolute atomic E-state index is 0.0916. The monoisotopic (exact) mass is 357 g/mol. The number of nitrogens with two attached hydrogens (primary N) is 1. The molecule has 0 bridgehead atoms. The van der Waals surface area contributed by atoms with E-state index in [4.69, 9.17) is 5.73 Å². The van der Waals surface area contributed by atoms with E-state index in [-0.39, 0.29) is 16.9 Å². The number of halogens is 3. The van der Waals surface area contributed by atoms with Crippen LogP contribution in [0.3, 0.4) is 0 Å². The van der Waals surface area contributed by atoms with Crippen molar-refractivity contribution in [2.75, 3.05) is 5.32 Å². The van der Waals surface area contributed by atoms with Crippen LogP contribution in [0.5, 0.6) is 0 Å². The van der Waals surface area contributed by atoms with Crippen molar-refractivity contribution < 1.29 is 13.6 Å². The molecule has 2 rings (SSSR count). The summed E-state index contributed by atoms with van der Waals surface area (Å²) < 4.78 is 28.2. The first-order chi connectivity index (χ1) is 9.81. The lowest BCUT2D eigenvalue weighted by atomic mass is 10.1. The van der Waals surface area contributed by atoms with Gasteiger partial charge in [-0.05, 0) is 25.1 Å². The highest BCUT2D eigenvalue weighted by Gasteiger charge is 2.20. The molecule has 21 heavy (non-hydrogen) atoms. The molecule has 1 aromatic carbocycles. The van der Waals surface area contributed by atoms with E-state index in [1.54, 1.807) is 0 Å². The topological polar surface area (TPSA) is 88.0 Å². The molecule has 1 heterocycles. The number of benzene rings is 1. The van der Waals surface area contributed by atoms with Gasteiger partial charge in [0.05, 0.1) is 16.9 Å². The van der Waals surface area contributed by atoms with Gasteiger partial charge in [0, 0.05) is 10.2 Å². The first-order valence-electron chi connectivity index (χ1n) is 5.75. The number of aryl methyl sites for hydroxylation is 1. The molecule has 0 aliphatic rings. The third-order valence-corrected chi connectivity index (χ3v) is 3.28. The third-order valence-electron chi connectivity index (χ3n) is 2.78. The Kier molecular flexibility index (Phi) is 4.08. The molecular weight excluding hydrogens is 348 g/mol. The van der Waals surface area contributed by atoms with Crippen LogP contribution in [0.2, 0.25) is 0 Å². The second-order valence-electron chi connectivity index (χ2n) is 4.26. The maximum Gasteiger partial charge on any atom is 0.286 e. The number of carbonyl (C=O) groups excluding carboxylic acids is 1. The summed E-state index contributed by atoms with van der Waals surface area (Å²) in [5.74, 6) is -2.86. The van der Waals surface area contributed by atoms with Gasteiger partial charge in [-0.15, -0.1) is 0 Å². The number of aromatic amines is 1. The average Bonchev–Trinajstić information content (AvgIpc) is 2.38. The summed E-state index contributed by atoms with van der Waals surface area (Å²) in [4.78, 5) is 25.0. The zero-order valence-corrected chi connectivity index (χ0v) is 12.3. The minimum Gasteiger partial charge on any atom is -0.365 e. The highest BCUT2D eigenvalue weighted by atomic mass is 79.9. The molecule has 5 nitrogen and oxygen atoms in total. The number of amides is 1. The van der Waals surface area contributed by atoms with Crippen LogP contribution in [0.15, 0.2) is 27.5 Å². The first-order valence-corrected chi connectivity index (χ1v) is 6.54. The van der Waals surface area contributed by atoms with E-state index in [1.807, 2.05) is 0 Å². The number of aromatic nitrogens is 1. The van der Waals surface area contributed by atoms with Gasteiger partial charge in [-0.25, -0.2) is 4.39 Å². The van der Waals surface area contributed by atoms with Gasteiger partial charge in [0.2, 0.25) is 5.82 Å². The zero-order chi connectivity index (χ0) is 15.7. The Morgan fingerprint density at radius 2 is 2.05 bits per heavy atom. The molecule has 0 aliphatic carbocycles. The molecule has 110 valence electrons. The molecule has 0 unspecified atom stereocenters. The summed E-state index contributed by atoms with van der Waals surface area (Å²) >= 11 is 3.09. The van der Waals surface area contributed by atoms with Gasteiger partial charge in [0.25, 0.3) is 11.5 Å². The van der Waals surface area contributed by atoms with Crippen LogP contribution in [0.25, 0.3) is 0 Å². The predicted octanol–water partition coefficient (Wildman–Crippen LogP) is 2.57. The van der Waals surface area contributed by atoms with Gasteiger partial charge in [-0.3, -0.25) is 9.59 Å². The Morgan fingerprint density at radius 3 is 2.62 bits per heavy atom. The number of hydrogen-bond acceptors (Lipinski definition) is 3. The van der Waals surface area contributed by atoms with Crippen molar-refractivity contribution in [1.82, 2.24) is 4.98 Å². The number of H-pyrrole nitrogens is 1. The van der Waals surface area contributed by atoms with Gasteiger partial charge >= 0.3 is 0 Å². The zero-order valence-electron chi connectivity index (χ0n) is 10.8. The van der Waals surface area contributed by atoms with E-state index in [0.717, 1.165) is 6.07 Å². The molecule has 0 radical (unpaired) electrons. The molecule has 0 atom stereocenters. The fraction of sp³-hybridized carbons (Fsp3) is 0.0769. The molecular formula is C13H10BrF2N3O2. The Bertz CT molecular complexity index is 790. The van der Waals surface area contributed by atoms with Crippen LogP contribution in [-0.4, -0.2) is 10.9 Å². The SMILES string of the molecule is Cc1[nH]c(=O)c(F)c(Nc2ccc(Br)cc2F)c1C(N)=O. The van der Waals surface area contributed by atoms with E-state index < -0.39 is 28.8 Å². The van der Waals surface area contributed by atoms with Crippen molar-refractivity contribution in [3.05, 3.63) is 55.9 Å². The smallest absolute Gasteiger partial charge is 0.286 e. The molecule has 0 aliphatic heterocycles. The number of anilines is 2. The number of primary amides is 1. The maximum absolute atomic E-state index is 14.0. The minimum atomic E-state index is -1.24. The van der Waals surface area contributed by atoms with Crippen LogP contribution in [-0.2, 0) is 0 Å². The Labute approximate surface area is 126 Å². The quantitative estimate of drug-likeness (QED) is 0.788. The summed E-state index contributed by atoms with van der Waals surface area (Å²) in [6, 6.07) is 4.01. The molecule has 1 aromatic heterocycles. The lowest BCUT2D eigenvalue weighted by Crippen LogP contribution is -2.23. The third kappa shape index (κ3) is 2.94. The molecule has 4 N–H and O–H groups in total. The molecule has 0 saturated carbocycles. The summed E-state index contributed by atoms with van der Waals surface area (Å²) in [6.45, 7) is 1.39. The normalized spacial score (nSPS) is 10.5. The second-order valence-corrected chi connectivity index (χ2v) is 5.17. The summed E-state index contributed by atoms with van der Waals surface area (Å²) in [7, 11) is 0.